The molecule has 0 heterocycles. The molecule has 4 heteroatoms. The first-order valence-corrected chi connectivity index (χ1v) is 6.80. The van der Waals surface area contributed by atoms with Crippen LogP contribution < -0.4 is 5.32 Å². The lowest BCUT2D eigenvalue weighted by molar-refractivity contribution is 0.550. The summed E-state index contributed by atoms with van der Waals surface area (Å²) in [4.78, 5) is 0. The molecule has 1 N–H and O–H groups in total. The predicted octanol–water partition coefficient (Wildman–Crippen LogP) is 3.24. The molecule has 1 aromatic carbocycles. The summed E-state index contributed by atoms with van der Waals surface area (Å²) in [7, 11) is 1.87. The topological polar surface area (TPSA) is 12.0 Å². The fourth-order valence-corrected chi connectivity index (χ4v) is 2.41. The molecule has 0 saturated carbocycles. The van der Waals surface area contributed by atoms with Crippen LogP contribution in [0, 0.1) is 11.6 Å². The third-order valence-electron chi connectivity index (χ3n) is 2.52. The molecule has 0 aliphatic rings. The second kappa shape index (κ2) is 6.97. The van der Waals surface area contributed by atoms with Crippen molar-refractivity contribution in [2.45, 2.75) is 31.6 Å². The predicted molar refractivity (Wildman–Crippen MR) is 70.5 cm³/mol. The Morgan fingerprint density at radius 2 is 2.00 bits per heavy atom. The number of hydrogen-bond donors (Lipinski definition) is 1. The van der Waals surface area contributed by atoms with Crippen LogP contribution in [0.1, 0.15) is 19.4 Å². The maximum Gasteiger partial charge on any atom is 0.129 e. The summed E-state index contributed by atoms with van der Waals surface area (Å²) in [5.74, 6) is -0.0612. The van der Waals surface area contributed by atoms with Gasteiger partial charge in [0.1, 0.15) is 11.6 Å². The van der Waals surface area contributed by atoms with E-state index in [0.29, 0.717) is 17.2 Å². The lowest BCUT2D eigenvalue weighted by Crippen LogP contribution is -2.31. The van der Waals surface area contributed by atoms with E-state index in [2.05, 4.69) is 19.2 Å². The van der Waals surface area contributed by atoms with Crippen LogP contribution in [0.15, 0.2) is 18.2 Å². The van der Waals surface area contributed by atoms with Crippen LogP contribution in [0.3, 0.4) is 0 Å². The fraction of sp³-hybridized carbons (Fsp3) is 0.538. The fourth-order valence-electron chi connectivity index (χ4n) is 1.51. The zero-order chi connectivity index (χ0) is 12.8. The molecular weight excluding hydrogens is 240 g/mol. The number of halogens is 2. The Morgan fingerprint density at radius 1 is 1.29 bits per heavy atom. The largest absolute Gasteiger partial charge is 0.316 e. The summed E-state index contributed by atoms with van der Waals surface area (Å²) in [6, 6.07) is 3.98. The van der Waals surface area contributed by atoms with Gasteiger partial charge in [-0.05, 0) is 30.3 Å². The molecule has 1 atom stereocenters. The summed E-state index contributed by atoms with van der Waals surface area (Å²) in [5, 5.41) is 3.73. The van der Waals surface area contributed by atoms with E-state index in [1.54, 1.807) is 0 Å². The number of nitrogens with one attached hydrogen (secondary N) is 1. The molecule has 17 heavy (non-hydrogen) atoms. The second-order valence-electron chi connectivity index (χ2n) is 4.31. The Morgan fingerprint density at radius 3 is 2.53 bits per heavy atom. The number of thioether (sulfide) groups is 1. The van der Waals surface area contributed by atoms with Gasteiger partial charge in [-0.3, -0.25) is 0 Å². The summed E-state index contributed by atoms with van der Waals surface area (Å²) >= 11 is 1.83. The normalized spacial score (nSPS) is 13.1. The molecule has 0 saturated heterocycles. The van der Waals surface area contributed by atoms with Gasteiger partial charge in [0.25, 0.3) is 0 Å². The van der Waals surface area contributed by atoms with Crippen LogP contribution in [0.5, 0.6) is 0 Å². The van der Waals surface area contributed by atoms with Crippen molar-refractivity contribution in [2.75, 3.05) is 12.8 Å². The van der Waals surface area contributed by atoms with Crippen LogP contribution in [0.4, 0.5) is 8.78 Å². The molecule has 1 rings (SSSR count). The molecular formula is C13H19F2NS. The first-order chi connectivity index (χ1) is 8.02. The van der Waals surface area contributed by atoms with Crippen molar-refractivity contribution in [3.63, 3.8) is 0 Å². The third-order valence-corrected chi connectivity index (χ3v) is 3.78. The van der Waals surface area contributed by atoms with Crippen molar-refractivity contribution in [1.82, 2.24) is 5.32 Å². The minimum absolute atomic E-state index is 0.211. The number of benzene rings is 1. The highest BCUT2D eigenvalue weighted by Gasteiger charge is 2.12. The Labute approximate surface area is 106 Å². The van der Waals surface area contributed by atoms with E-state index < -0.39 is 11.6 Å². The maximum absolute atomic E-state index is 13.5. The summed E-state index contributed by atoms with van der Waals surface area (Å²) in [6.07, 6.45) is 0.586. The molecule has 0 aliphatic heterocycles. The second-order valence-corrected chi connectivity index (χ2v) is 5.92. The van der Waals surface area contributed by atoms with E-state index in [-0.39, 0.29) is 6.04 Å². The Kier molecular flexibility index (Phi) is 5.92. The zero-order valence-electron chi connectivity index (χ0n) is 10.5. The first-order valence-electron chi connectivity index (χ1n) is 5.75. The first kappa shape index (κ1) is 14.5. The molecule has 0 spiro atoms. The van der Waals surface area contributed by atoms with Gasteiger partial charge in [-0.1, -0.05) is 19.9 Å². The van der Waals surface area contributed by atoms with Crippen LogP contribution in [-0.4, -0.2) is 24.1 Å². The van der Waals surface area contributed by atoms with E-state index >= 15 is 0 Å². The maximum atomic E-state index is 13.5. The Bertz CT molecular complexity index is 355. The van der Waals surface area contributed by atoms with Gasteiger partial charge < -0.3 is 5.32 Å². The highest BCUT2D eigenvalue weighted by Crippen LogP contribution is 2.16. The molecule has 0 aliphatic carbocycles. The Balaban J connectivity index is 2.60. The van der Waals surface area contributed by atoms with E-state index in [9.17, 15) is 8.78 Å². The van der Waals surface area contributed by atoms with Gasteiger partial charge in [-0.15, -0.1) is 0 Å². The van der Waals surface area contributed by atoms with Crippen LogP contribution >= 0.6 is 11.8 Å². The van der Waals surface area contributed by atoms with Gasteiger partial charge >= 0.3 is 0 Å². The standard InChI is InChI=1S/C13H19F2NS/c1-9(2)17-8-12(16-3)6-10-4-5-11(14)7-13(10)15/h4-5,7,9,12,16H,6,8H2,1-3H3. The molecule has 1 nitrogen and oxygen atoms in total. The van der Waals surface area contributed by atoms with Crippen molar-refractivity contribution >= 4 is 11.8 Å². The quantitative estimate of drug-likeness (QED) is 0.841. The molecule has 0 amide bonds. The number of likely N-dealkylation sites (N-methyl/N-ethyl adjacent to an activating group) is 1. The molecule has 1 aromatic rings. The van der Waals surface area contributed by atoms with Gasteiger partial charge in [0.05, 0.1) is 0 Å². The van der Waals surface area contributed by atoms with E-state index in [1.807, 2.05) is 18.8 Å². The highest BCUT2D eigenvalue weighted by molar-refractivity contribution is 7.99. The van der Waals surface area contributed by atoms with Crippen molar-refractivity contribution in [3.8, 4) is 0 Å². The lowest BCUT2D eigenvalue weighted by Gasteiger charge is -2.17. The van der Waals surface area contributed by atoms with Crippen molar-refractivity contribution in [3.05, 3.63) is 35.4 Å². The summed E-state index contributed by atoms with van der Waals surface area (Å²) < 4.78 is 26.2. The minimum Gasteiger partial charge on any atom is -0.316 e. The SMILES string of the molecule is CNC(CSC(C)C)Cc1ccc(F)cc1F. The average Bonchev–Trinajstić information content (AvgIpc) is 2.26. The monoisotopic (exact) mass is 259 g/mol. The smallest absolute Gasteiger partial charge is 0.129 e. The van der Waals surface area contributed by atoms with Crippen LogP contribution in [-0.2, 0) is 6.42 Å². The number of rotatable bonds is 6. The lowest BCUT2D eigenvalue weighted by atomic mass is 10.1. The van der Waals surface area contributed by atoms with Crippen LogP contribution in [0.2, 0.25) is 0 Å². The van der Waals surface area contributed by atoms with Crippen molar-refractivity contribution < 1.29 is 8.78 Å². The minimum atomic E-state index is -0.524. The van der Waals surface area contributed by atoms with Crippen LogP contribution in [0.25, 0.3) is 0 Å². The van der Waals surface area contributed by atoms with Crippen molar-refractivity contribution in [1.29, 1.82) is 0 Å². The van der Waals surface area contributed by atoms with E-state index in [0.717, 1.165) is 11.8 Å². The molecule has 0 aromatic heterocycles. The average molecular weight is 259 g/mol. The summed E-state index contributed by atoms with van der Waals surface area (Å²) in [6.45, 7) is 4.27. The van der Waals surface area contributed by atoms with Crippen molar-refractivity contribution in [2.24, 2.45) is 0 Å². The molecule has 96 valence electrons. The number of hydrogen-bond acceptors (Lipinski definition) is 2. The highest BCUT2D eigenvalue weighted by atomic mass is 32.2. The van der Waals surface area contributed by atoms with Gasteiger partial charge in [0.15, 0.2) is 0 Å². The van der Waals surface area contributed by atoms with Gasteiger partial charge in [-0.25, -0.2) is 8.78 Å². The van der Waals surface area contributed by atoms with E-state index in [1.165, 1.54) is 12.1 Å². The Hall–Kier alpha value is -0.610. The molecule has 0 fully saturated rings. The van der Waals surface area contributed by atoms with Gasteiger partial charge in [-0.2, -0.15) is 11.8 Å². The zero-order valence-corrected chi connectivity index (χ0v) is 11.3. The molecule has 1 unspecified atom stereocenters. The van der Waals surface area contributed by atoms with Gasteiger partial charge in [0, 0.05) is 17.9 Å². The van der Waals surface area contributed by atoms with Gasteiger partial charge in [0.2, 0.25) is 0 Å². The molecule has 0 bridgehead atoms. The van der Waals surface area contributed by atoms with E-state index in [4.69, 9.17) is 0 Å². The summed E-state index contributed by atoms with van der Waals surface area (Å²) in [5.41, 5.74) is 0.565. The molecule has 0 radical (unpaired) electrons. The third kappa shape index (κ3) is 5.04.